The lowest BCUT2D eigenvalue weighted by atomic mass is 10.1. The number of aromatic nitrogens is 2. The summed E-state index contributed by atoms with van der Waals surface area (Å²) in [6, 6.07) is 12.2. The first kappa shape index (κ1) is 13.5. The zero-order valence-electron chi connectivity index (χ0n) is 11.6. The number of aldehydes is 1. The van der Waals surface area contributed by atoms with Gasteiger partial charge in [-0.15, -0.1) is 11.3 Å². The third-order valence-corrected chi connectivity index (χ3v) is 4.42. The summed E-state index contributed by atoms with van der Waals surface area (Å²) in [5.41, 5.74) is 5.02. The summed E-state index contributed by atoms with van der Waals surface area (Å²) in [5.74, 6) is 0. The van der Waals surface area contributed by atoms with Crippen LogP contribution in [0.1, 0.15) is 22.2 Å². The van der Waals surface area contributed by atoms with Crippen molar-refractivity contribution in [1.29, 1.82) is 0 Å². The SMILES string of the molecule is C=C(C)c1cc(-c2ccc(-c3ccn[nH]3)cc2)sc1C=O. The smallest absolute Gasteiger partial charge is 0.160 e. The van der Waals surface area contributed by atoms with Crippen LogP contribution in [-0.4, -0.2) is 16.5 Å². The number of hydrogen-bond acceptors (Lipinski definition) is 3. The summed E-state index contributed by atoms with van der Waals surface area (Å²) < 4.78 is 0. The Balaban J connectivity index is 1.98. The molecule has 3 aromatic rings. The number of thiophene rings is 1. The lowest BCUT2D eigenvalue weighted by Gasteiger charge is -2.00. The molecule has 4 heteroatoms. The highest BCUT2D eigenvalue weighted by Gasteiger charge is 2.10. The molecule has 0 radical (unpaired) electrons. The molecule has 2 aromatic heterocycles. The fraction of sp³-hybridized carbons (Fsp3) is 0.0588. The van der Waals surface area contributed by atoms with Crippen molar-refractivity contribution < 1.29 is 4.79 Å². The maximum atomic E-state index is 11.1. The number of benzene rings is 1. The molecule has 3 rings (SSSR count). The van der Waals surface area contributed by atoms with Crippen LogP contribution >= 0.6 is 11.3 Å². The predicted octanol–water partition coefficient (Wildman–Crippen LogP) is 4.65. The molecule has 0 bridgehead atoms. The number of carbonyl (C=O) groups excluding carboxylic acids is 1. The number of rotatable bonds is 4. The van der Waals surface area contributed by atoms with E-state index in [1.807, 2.05) is 31.2 Å². The van der Waals surface area contributed by atoms with Crippen LogP contribution in [0.25, 0.3) is 27.3 Å². The molecule has 2 heterocycles. The molecule has 1 N–H and O–H groups in total. The minimum Gasteiger partial charge on any atom is -0.297 e. The summed E-state index contributed by atoms with van der Waals surface area (Å²) in [7, 11) is 0. The number of nitrogens with zero attached hydrogens (tertiary/aromatic N) is 1. The number of H-pyrrole nitrogens is 1. The molecule has 3 nitrogen and oxygen atoms in total. The van der Waals surface area contributed by atoms with Gasteiger partial charge in [0.05, 0.1) is 10.6 Å². The molecule has 0 saturated heterocycles. The Labute approximate surface area is 127 Å². The maximum absolute atomic E-state index is 11.1. The van der Waals surface area contributed by atoms with Gasteiger partial charge in [0.2, 0.25) is 0 Å². The summed E-state index contributed by atoms with van der Waals surface area (Å²) >= 11 is 1.50. The second-order valence-corrected chi connectivity index (χ2v) is 5.92. The van der Waals surface area contributed by atoms with Crippen molar-refractivity contribution in [3.8, 4) is 21.7 Å². The van der Waals surface area contributed by atoms with Crippen LogP contribution in [0.2, 0.25) is 0 Å². The number of carbonyl (C=O) groups is 1. The van der Waals surface area contributed by atoms with Crippen LogP contribution in [0.4, 0.5) is 0 Å². The molecule has 0 aliphatic rings. The zero-order valence-corrected chi connectivity index (χ0v) is 12.4. The highest BCUT2D eigenvalue weighted by molar-refractivity contribution is 7.17. The molecule has 0 saturated carbocycles. The Bertz CT molecular complexity index is 783. The van der Waals surface area contributed by atoms with Gasteiger partial charge in [0.25, 0.3) is 0 Å². The van der Waals surface area contributed by atoms with E-state index in [4.69, 9.17) is 0 Å². The van der Waals surface area contributed by atoms with E-state index in [1.165, 1.54) is 11.3 Å². The van der Waals surface area contributed by atoms with E-state index < -0.39 is 0 Å². The molecule has 0 fully saturated rings. The van der Waals surface area contributed by atoms with Gasteiger partial charge < -0.3 is 0 Å². The van der Waals surface area contributed by atoms with Gasteiger partial charge in [0.1, 0.15) is 0 Å². The molecule has 0 unspecified atom stereocenters. The molecule has 1 aromatic carbocycles. The van der Waals surface area contributed by atoms with Gasteiger partial charge in [0.15, 0.2) is 6.29 Å². The fourth-order valence-corrected chi connectivity index (χ4v) is 3.26. The summed E-state index contributed by atoms with van der Waals surface area (Å²) in [4.78, 5) is 13.0. The van der Waals surface area contributed by atoms with E-state index in [0.717, 1.165) is 44.0 Å². The average Bonchev–Trinajstić information content (AvgIpc) is 3.17. The average molecular weight is 294 g/mol. The van der Waals surface area contributed by atoms with Gasteiger partial charge in [0, 0.05) is 11.1 Å². The van der Waals surface area contributed by atoms with Gasteiger partial charge in [-0.1, -0.05) is 30.8 Å². The Kier molecular flexibility index (Phi) is 3.54. The van der Waals surface area contributed by atoms with Gasteiger partial charge in [-0.25, -0.2) is 0 Å². The van der Waals surface area contributed by atoms with Crippen molar-refractivity contribution in [2.45, 2.75) is 6.92 Å². The Morgan fingerprint density at radius 1 is 1.24 bits per heavy atom. The number of aromatic amines is 1. The lowest BCUT2D eigenvalue weighted by molar-refractivity contribution is 0.112. The molecule has 0 atom stereocenters. The van der Waals surface area contributed by atoms with Crippen molar-refractivity contribution in [3.63, 3.8) is 0 Å². The normalized spacial score (nSPS) is 10.5. The predicted molar refractivity (Wildman–Crippen MR) is 87.4 cm³/mol. The van der Waals surface area contributed by atoms with E-state index in [2.05, 4.69) is 28.9 Å². The molecular weight excluding hydrogens is 280 g/mol. The number of hydrogen-bond donors (Lipinski definition) is 1. The van der Waals surface area contributed by atoms with Gasteiger partial charge in [-0.3, -0.25) is 9.89 Å². The topological polar surface area (TPSA) is 45.8 Å². The minimum absolute atomic E-state index is 0.732. The van der Waals surface area contributed by atoms with Gasteiger partial charge >= 0.3 is 0 Å². The van der Waals surface area contributed by atoms with E-state index in [1.54, 1.807) is 6.20 Å². The van der Waals surface area contributed by atoms with Gasteiger partial charge in [-0.05, 0) is 41.3 Å². The Morgan fingerprint density at radius 3 is 2.48 bits per heavy atom. The summed E-state index contributed by atoms with van der Waals surface area (Å²) in [6.07, 6.45) is 2.63. The van der Waals surface area contributed by atoms with Crippen LogP contribution in [0, 0.1) is 0 Å². The molecule has 0 spiro atoms. The highest BCUT2D eigenvalue weighted by Crippen LogP contribution is 2.34. The van der Waals surface area contributed by atoms with Crippen LogP contribution < -0.4 is 0 Å². The van der Waals surface area contributed by atoms with E-state index in [-0.39, 0.29) is 0 Å². The van der Waals surface area contributed by atoms with Crippen LogP contribution in [-0.2, 0) is 0 Å². The van der Waals surface area contributed by atoms with Crippen LogP contribution in [0.15, 0.2) is 49.2 Å². The van der Waals surface area contributed by atoms with E-state index in [0.29, 0.717) is 0 Å². The lowest BCUT2D eigenvalue weighted by Crippen LogP contribution is -1.79. The first-order valence-electron chi connectivity index (χ1n) is 6.54. The third kappa shape index (κ3) is 2.58. The van der Waals surface area contributed by atoms with E-state index >= 15 is 0 Å². The molecular formula is C17H14N2OS. The highest BCUT2D eigenvalue weighted by atomic mass is 32.1. The number of allylic oxidation sites excluding steroid dienone is 1. The monoisotopic (exact) mass is 294 g/mol. The fourth-order valence-electron chi connectivity index (χ4n) is 2.20. The summed E-state index contributed by atoms with van der Waals surface area (Å²) in [5, 5.41) is 6.90. The van der Waals surface area contributed by atoms with Crippen LogP contribution in [0.3, 0.4) is 0 Å². The van der Waals surface area contributed by atoms with Crippen LogP contribution in [0.5, 0.6) is 0 Å². The van der Waals surface area contributed by atoms with Crippen molar-refractivity contribution >= 4 is 23.2 Å². The molecule has 0 aliphatic carbocycles. The number of nitrogens with one attached hydrogen (secondary N) is 1. The van der Waals surface area contributed by atoms with Crippen molar-refractivity contribution in [2.75, 3.05) is 0 Å². The zero-order chi connectivity index (χ0) is 14.8. The molecule has 21 heavy (non-hydrogen) atoms. The van der Waals surface area contributed by atoms with Crippen molar-refractivity contribution in [1.82, 2.24) is 10.2 Å². The summed E-state index contributed by atoms with van der Waals surface area (Å²) in [6.45, 7) is 5.84. The first-order chi connectivity index (χ1) is 10.2. The first-order valence-corrected chi connectivity index (χ1v) is 7.36. The standard InChI is InChI=1S/C17H14N2OS/c1-11(2)14-9-16(21-17(14)10-20)13-5-3-12(4-6-13)15-7-8-18-19-15/h3-10H,1H2,2H3,(H,18,19). The maximum Gasteiger partial charge on any atom is 0.160 e. The molecule has 0 aliphatic heterocycles. The second kappa shape index (κ2) is 5.50. The van der Waals surface area contributed by atoms with Crippen molar-refractivity contribution in [3.05, 3.63) is 59.6 Å². The second-order valence-electron chi connectivity index (χ2n) is 4.83. The van der Waals surface area contributed by atoms with E-state index in [9.17, 15) is 4.79 Å². The van der Waals surface area contributed by atoms with Crippen molar-refractivity contribution in [2.24, 2.45) is 0 Å². The third-order valence-electron chi connectivity index (χ3n) is 3.31. The largest absolute Gasteiger partial charge is 0.297 e. The molecule has 0 amide bonds. The quantitative estimate of drug-likeness (QED) is 0.712. The Morgan fingerprint density at radius 2 is 1.95 bits per heavy atom. The molecule has 104 valence electrons. The Hall–Kier alpha value is -2.46. The van der Waals surface area contributed by atoms with Gasteiger partial charge in [-0.2, -0.15) is 5.10 Å². The minimum atomic E-state index is 0.732.